The lowest BCUT2D eigenvalue weighted by Gasteiger charge is -2.17. The minimum atomic E-state index is -0.0728. The largest absolute Gasteiger partial charge is 0.511 e. The SMILES string of the molecule is CC1OCC2=C1C(c1ccccc1)=C(O)C2c1ccccc1. The van der Waals surface area contributed by atoms with Crippen LogP contribution in [0.5, 0.6) is 0 Å². The van der Waals surface area contributed by atoms with Crippen LogP contribution in [0.25, 0.3) is 5.57 Å². The number of rotatable bonds is 2. The first-order chi connectivity index (χ1) is 10.8. The van der Waals surface area contributed by atoms with Crippen LogP contribution in [0.3, 0.4) is 0 Å². The van der Waals surface area contributed by atoms with E-state index in [0.717, 1.165) is 22.3 Å². The minimum absolute atomic E-state index is 0.0288. The maximum absolute atomic E-state index is 11.0. The third kappa shape index (κ3) is 1.92. The van der Waals surface area contributed by atoms with Crippen LogP contribution in [-0.2, 0) is 4.74 Å². The van der Waals surface area contributed by atoms with Crippen molar-refractivity contribution in [2.45, 2.75) is 18.9 Å². The van der Waals surface area contributed by atoms with Gasteiger partial charge in [-0.05, 0) is 29.2 Å². The number of ether oxygens (including phenoxy) is 1. The molecule has 0 amide bonds. The molecule has 0 bridgehead atoms. The van der Waals surface area contributed by atoms with Gasteiger partial charge in [-0.25, -0.2) is 0 Å². The van der Waals surface area contributed by atoms with Crippen molar-refractivity contribution in [3.63, 3.8) is 0 Å². The minimum Gasteiger partial charge on any atom is -0.511 e. The molecule has 1 aliphatic carbocycles. The molecule has 0 spiro atoms. The highest BCUT2D eigenvalue weighted by Gasteiger charge is 2.41. The Labute approximate surface area is 130 Å². The Balaban J connectivity index is 1.91. The summed E-state index contributed by atoms with van der Waals surface area (Å²) in [7, 11) is 0. The Morgan fingerprint density at radius 3 is 2.27 bits per heavy atom. The topological polar surface area (TPSA) is 29.5 Å². The van der Waals surface area contributed by atoms with E-state index in [1.165, 1.54) is 5.57 Å². The number of hydrogen-bond donors (Lipinski definition) is 1. The van der Waals surface area contributed by atoms with Gasteiger partial charge < -0.3 is 9.84 Å². The third-order valence-electron chi connectivity index (χ3n) is 4.58. The lowest BCUT2D eigenvalue weighted by molar-refractivity contribution is 0.132. The average Bonchev–Trinajstić information content (AvgIpc) is 3.06. The fraction of sp³-hybridized carbons (Fsp3) is 0.200. The van der Waals surface area contributed by atoms with Gasteiger partial charge in [0.15, 0.2) is 0 Å². The van der Waals surface area contributed by atoms with Crippen molar-refractivity contribution < 1.29 is 9.84 Å². The van der Waals surface area contributed by atoms with Gasteiger partial charge in [0.25, 0.3) is 0 Å². The van der Waals surface area contributed by atoms with Gasteiger partial charge in [-0.15, -0.1) is 0 Å². The van der Waals surface area contributed by atoms with Crippen molar-refractivity contribution in [1.82, 2.24) is 0 Å². The van der Waals surface area contributed by atoms with E-state index in [1.807, 2.05) is 36.4 Å². The smallest absolute Gasteiger partial charge is 0.112 e. The fourth-order valence-electron chi connectivity index (χ4n) is 3.60. The molecule has 1 aliphatic heterocycles. The monoisotopic (exact) mass is 290 g/mol. The van der Waals surface area contributed by atoms with Gasteiger partial charge in [0.1, 0.15) is 5.76 Å². The predicted molar refractivity (Wildman–Crippen MR) is 87.6 cm³/mol. The van der Waals surface area contributed by atoms with Gasteiger partial charge in [0, 0.05) is 5.57 Å². The van der Waals surface area contributed by atoms with E-state index in [1.54, 1.807) is 0 Å². The molecule has 0 radical (unpaired) electrons. The van der Waals surface area contributed by atoms with Gasteiger partial charge in [-0.3, -0.25) is 0 Å². The molecule has 0 saturated carbocycles. The molecule has 0 saturated heterocycles. The maximum Gasteiger partial charge on any atom is 0.112 e. The Hall–Kier alpha value is -2.32. The van der Waals surface area contributed by atoms with Gasteiger partial charge in [0.05, 0.1) is 18.6 Å². The number of aliphatic hydroxyl groups is 1. The molecule has 2 heteroatoms. The van der Waals surface area contributed by atoms with Crippen LogP contribution in [0, 0.1) is 0 Å². The van der Waals surface area contributed by atoms with Gasteiger partial charge >= 0.3 is 0 Å². The second-order valence-electron chi connectivity index (χ2n) is 5.86. The van der Waals surface area contributed by atoms with Crippen LogP contribution in [0.15, 0.2) is 77.6 Å². The van der Waals surface area contributed by atoms with Gasteiger partial charge in [0.2, 0.25) is 0 Å². The molecule has 2 aromatic rings. The first kappa shape index (κ1) is 13.4. The first-order valence-electron chi connectivity index (χ1n) is 7.65. The molecule has 2 unspecified atom stereocenters. The standard InChI is InChI=1S/C20H18O2/c1-13-17-16(12-22-13)18(14-8-4-2-5-9-14)20(21)19(17)15-10-6-3-7-11-15/h2-11,13,18,21H,12H2,1H3. The van der Waals surface area contributed by atoms with Crippen molar-refractivity contribution in [2.75, 3.05) is 6.61 Å². The van der Waals surface area contributed by atoms with Gasteiger partial charge in [-0.2, -0.15) is 0 Å². The second-order valence-corrected chi connectivity index (χ2v) is 5.86. The zero-order valence-corrected chi connectivity index (χ0v) is 12.5. The Morgan fingerprint density at radius 1 is 0.955 bits per heavy atom. The third-order valence-corrected chi connectivity index (χ3v) is 4.58. The van der Waals surface area contributed by atoms with Crippen molar-refractivity contribution >= 4 is 5.57 Å². The van der Waals surface area contributed by atoms with Crippen molar-refractivity contribution in [1.29, 1.82) is 0 Å². The normalized spacial score (nSPS) is 24.0. The van der Waals surface area contributed by atoms with Crippen LogP contribution < -0.4 is 0 Å². The van der Waals surface area contributed by atoms with Crippen LogP contribution >= 0.6 is 0 Å². The summed E-state index contributed by atoms with van der Waals surface area (Å²) in [6, 6.07) is 20.3. The summed E-state index contributed by atoms with van der Waals surface area (Å²) in [5.41, 5.74) is 5.50. The zero-order valence-electron chi connectivity index (χ0n) is 12.5. The van der Waals surface area contributed by atoms with Crippen molar-refractivity contribution in [3.05, 3.63) is 88.7 Å². The van der Waals surface area contributed by atoms with E-state index >= 15 is 0 Å². The number of allylic oxidation sites excluding steroid dienone is 1. The molecule has 22 heavy (non-hydrogen) atoms. The Kier molecular flexibility index (Phi) is 3.12. The van der Waals surface area contributed by atoms with Crippen molar-refractivity contribution in [3.8, 4) is 0 Å². The molecule has 4 rings (SSSR count). The lowest BCUT2D eigenvalue weighted by Crippen LogP contribution is -2.09. The fourth-order valence-corrected chi connectivity index (χ4v) is 3.60. The molecule has 110 valence electrons. The van der Waals surface area contributed by atoms with E-state index in [0.29, 0.717) is 12.4 Å². The molecule has 1 heterocycles. The van der Waals surface area contributed by atoms with Crippen LogP contribution in [-0.4, -0.2) is 17.8 Å². The molecule has 1 N–H and O–H groups in total. The summed E-state index contributed by atoms with van der Waals surface area (Å²) in [6.07, 6.45) is 0.0288. The van der Waals surface area contributed by atoms with E-state index < -0.39 is 0 Å². The van der Waals surface area contributed by atoms with Crippen molar-refractivity contribution in [2.24, 2.45) is 0 Å². The first-order valence-corrected chi connectivity index (χ1v) is 7.65. The Bertz CT molecular complexity index is 757. The van der Waals surface area contributed by atoms with Crippen LogP contribution in [0.2, 0.25) is 0 Å². The lowest BCUT2D eigenvalue weighted by atomic mass is 9.92. The van der Waals surface area contributed by atoms with Crippen LogP contribution in [0.1, 0.15) is 24.0 Å². The number of benzene rings is 2. The summed E-state index contributed by atoms with van der Waals surface area (Å²) < 4.78 is 5.85. The highest BCUT2D eigenvalue weighted by atomic mass is 16.5. The molecular formula is C20H18O2. The molecule has 0 aromatic heterocycles. The van der Waals surface area contributed by atoms with E-state index in [9.17, 15) is 5.11 Å². The summed E-state index contributed by atoms with van der Waals surface area (Å²) in [5.74, 6) is 0.383. The summed E-state index contributed by atoms with van der Waals surface area (Å²) in [5, 5.41) is 11.0. The quantitative estimate of drug-likeness (QED) is 0.884. The van der Waals surface area contributed by atoms with Crippen LogP contribution in [0.4, 0.5) is 0 Å². The van der Waals surface area contributed by atoms with E-state index in [2.05, 4.69) is 31.2 Å². The molecule has 2 aromatic carbocycles. The average molecular weight is 290 g/mol. The number of hydrogen-bond acceptors (Lipinski definition) is 2. The second kappa shape index (κ2) is 5.15. The van der Waals surface area contributed by atoms with Gasteiger partial charge in [-0.1, -0.05) is 60.7 Å². The molecule has 0 fully saturated rings. The molecule has 2 aliphatic rings. The Morgan fingerprint density at radius 2 is 1.59 bits per heavy atom. The molecule has 2 atom stereocenters. The molecular weight excluding hydrogens is 272 g/mol. The van der Waals surface area contributed by atoms with E-state index in [-0.39, 0.29) is 12.0 Å². The maximum atomic E-state index is 11.0. The highest BCUT2D eigenvalue weighted by molar-refractivity contribution is 5.88. The summed E-state index contributed by atoms with van der Waals surface area (Å²) >= 11 is 0. The van der Waals surface area contributed by atoms with E-state index in [4.69, 9.17) is 4.74 Å². The highest BCUT2D eigenvalue weighted by Crippen LogP contribution is 2.50. The molecule has 2 nitrogen and oxygen atoms in total. The zero-order chi connectivity index (χ0) is 15.1. The predicted octanol–water partition coefficient (Wildman–Crippen LogP) is 4.47. The summed E-state index contributed by atoms with van der Waals surface area (Å²) in [4.78, 5) is 0. The summed E-state index contributed by atoms with van der Waals surface area (Å²) in [6.45, 7) is 2.66. The number of aliphatic hydroxyl groups excluding tert-OH is 1.